The Morgan fingerprint density at radius 2 is 1.75 bits per heavy atom. The normalized spacial score (nSPS) is 16.0. The molecule has 1 aliphatic heterocycles. The molecule has 0 aliphatic carbocycles. The topological polar surface area (TPSA) is 97.7 Å². The third-order valence-corrected chi connectivity index (χ3v) is 7.05. The molecule has 0 bridgehead atoms. The highest BCUT2D eigenvalue weighted by atomic mass is 32.2. The number of alkyl halides is 3. The molecule has 1 amide bonds. The predicted octanol–water partition coefficient (Wildman–Crippen LogP) is 1.85. The average molecular weight is 473 g/mol. The minimum absolute atomic E-state index is 0.129. The summed E-state index contributed by atoms with van der Waals surface area (Å²) in [5.74, 6) is -0.0897. The van der Waals surface area contributed by atoms with Crippen LogP contribution in [-0.2, 0) is 27.5 Å². The number of sulfonamides is 1. The fourth-order valence-corrected chi connectivity index (χ4v) is 4.86. The van der Waals surface area contributed by atoms with Gasteiger partial charge in [0.25, 0.3) is 5.56 Å². The van der Waals surface area contributed by atoms with Crippen molar-refractivity contribution < 1.29 is 31.1 Å². The molecule has 174 valence electrons. The van der Waals surface area contributed by atoms with Crippen molar-refractivity contribution >= 4 is 15.9 Å². The highest BCUT2D eigenvalue weighted by Gasteiger charge is 2.32. The van der Waals surface area contributed by atoms with Gasteiger partial charge < -0.3 is 14.6 Å². The van der Waals surface area contributed by atoms with Crippen LogP contribution in [0.1, 0.15) is 18.4 Å². The van der Waals surface area contributed by atoms with Crippen LogP contribution in [0.3, 0.4) is 0 Å². The lowest BCUT2D eigenvalue weighted by Gasteiger charge is -2.31. The number of hydrogen-bond donors (Lipinski definition) is 1. The molecule has 0 radical (unpaired) electrons. The number of benzene rings is 1. The number of ether oxygens (including phenoxy) is 1. The van der Waals surface area contributed by atoms with E-state index in [9.17, 15) is 31.2 Å². The summed E-state index contributed by atoms with van der Waals surface area (Å²) >= 11 is 0. The van der Waals surface area contributed by atoms with E-state index in [2.05, 4.69) is 5.32 Å². The van der Waals surface area contributed by atoms with E-state index in [1.807, 2.05) is 0 Å². The molecule has 1 saturated heterocycles. The maximum Gasteiger partial charge on any atom is 0.417 e. The number of methoxy groups -OCH3 is 1. The number of carbonyl (C=O) groups excluding carboxylic acids is 1. The van der Waals surface area contributed by atoms with Crippen molar-refractivity contribution in [2.75, 3.05) is 20.2 Å². The smallest absolute Gasteiger partial charge is 0.417 e. The van der Waals surface area contributed by atoms with Gasteiger partial charge in [0.1, 0.15) is 12.3 Å². The van der Waals surface area contributed by atoms with Gasteiger partial charge in [0.2, 0.25) is 15.9 Å². The van der Waals surface area contributed by atoms with Gasteiger partial charge in [-0.2, -0.15) is 17.5 Å². The SMILES string of the molecule is COc1ccc(S(=O)(=O)N2CCC(NC(=O)Cn3cc(C(F)(F)F)ccc3=O)CC2)cc1. The molecule has 0 saturated carbocycles. The van der Waals surface area contributed by atoms with Gasteiger partial charge in [-0.25, -0.2) is 8.42 Å². The molecule has 32 heavy (non-hydrogen) atoms. The first-order valence-electron chi connectivity index (χ1n) is 9.72. The van der Waals surface area contributed by atoms with Crippen molar-refractivity contribution in [3.05, 3.63) is 58.5 Å². The van der Waals surface area contributed by atoms with E-state index in [0.29, 0.717) is 35.4 Å². The summed E-state index contributed by atoms with van der Waals surface area (Å²) in [6.07, 6.45) is -3.36. The van der Waals surface area contributed by atoms with E-state index < -0.39 is 39.8 Å². The molecule has 2 heterocycles. The summed E-state index contributed by atoms with van der Waals surface area (Å²) in [5.41, 5.74) is -1.75. The Kier molecular flexibility index (Phi) is 6.94. The van der Waals surface area contributed by atoms with Crippen molar-refractivity contribution in [1.29, 1.82) is 0 Å². The Morgan fingerprint density at radius 1 is 1.12 bits per heavy atom. The van der Waals surface area contributed by atoms with Gasteiger partial charge in [-0.15, -0.1) is 0 Å². The number of carbonyl (C=O) groups is 1. The van der Waals surface area contributed by atoms with Gasteiger partial charge in [0.15, 0.2) is 0 Å². The number of hydrogen-bond acceptors (Lipinski definition) is 5. The Morgan fingerprint density at radius 3 is 2.31 bits per heavy atom. The van der Waals surface area contributed by atoms with E-state index in [-0.39, 0.29) is 24.0 Å². The van der Waals surface area contributed by atoms with Crippen LogP contribution in [0.15, 0.2) is 52.3 Å². The second kappa shape index (κ2) is 9.33. The van der Waals surface area contributed by atoms with Crippen LogP contribution in [0, 0.1) is 0 Å². The van der Waals surface area contributed by atoms with E-state index in [1.165, 1.54) is 23.5 Å². The second-order valence-corrected chi connectivity index (χ2v) is 9.24. The maximum absolute atomic E-state index is 12.8. The fourth-order valence-electron chi connectivity index (χ4n) is 3.39. The summed E-state index contributed by atoms with van der Waals surface area (Å²) in [5, 5.41) is 2.66. The summed E-state index contributed by atoms with van der Waals surface area (Å²) in [7, 11) is -2.22. The molecule has 0 spiro atoms. The molecule has 12 heteroatoms. The lowest BCUT2D eigenvalue weighted by Crippen LogP contribution is -2.47. The summed E-state index contributed by atoms with van der Waals surface area (Å²) in [4.78, 5) is 24.2. The summed E-state index contributed by atoms with van der Waals surface area (Å²) in [6.45, 7) is -0.223. The van der Waals surface area contributed by atoms with Crippen molar-refractivity contribution in [2.45, 2.75) is 36.5 Å². The molecule has 0 unspecified atom stereocenters. The first kappa shape index (κ1) is 23.8. The van der Waals surface area contributed by atoms with Gasteiger partial charge in [0, 0.05) is 31.4 Å². The second-order valence-electron chi connectivity index (χ2n) is 7.30. The largest absolute Gasteiger partial charge is 0.497 e. The molecule has 1 aromatic carbocycles. The molecule has 1 aromatic heterocycles. The van der Waals surface area contributed by atoms with Crippen molar-refractivity contribution in [2.24, 2.45) is 0 Å². The van der Waals surface area contributed by atoms with Crippen molar-refractivity contribution in [3.63, 3.8) is 0 Å². The van der Waals surface area contributed by atoms with E-state index in [4.69, 9.17) is 4.74 Å². The fraction of sp³-hybridized carbons (Fsp3) is 0.400. The predicted molar refractivity (Wildman–Crippen MR) is 109 cm³/mol. The molecule has 2 aromatic rings. The lowest BCUT2D eigenvalue weighted by molar-refractivity contribution is -0.138. The van der Waals surface area contributed by atoms with Crippen LogP contribution >= 0.6 is 0 Å². The maximum atomic E-state index is 12.8. The number of amides is 1. The Bertz CT molecular complexity index is 1120. The zero-order chi connectivity index (χ0) is 23.5. The minimum Gasteiger partial charge on any atom is -0.497 e. The van der Waals surface area contributed by atoms with Crippen LogP contribution in [0.4, 0.5) is 13.2 Å². The Labute approximate surface area is 182 Å². The van der Waals surface area contributed by atoms with E-state index in [0.717, 1.165) is 6.07 Å². The molecule has 1 aliphatic rings. The van der Waals surface area contributed by atoms with Crippen LogP contribution in [-0.4, -0.2) is 49.4 Å². The van der Waals surface area contributed by atoms with Crippen molar-refractivity contribution in [3.8, 4) is 5.75 Å². The summed E-state index contributed by atoms with van der Waals surface area (Å²) < 4.78 is 71.1. The number of aromatic nitrogens is 1. The number of halogens is 3. The number of piperidine rings is 1. The minimum atomic E-state index is -4.63. The van der Waals surface area contributed by atoms with Gasteiger partial charge in [0.05, 0.1) is 17.6 Å². The molecular formula is C20H22F3N3O5S. The van der Waals surface area contributed by atoms with Crippen LogP contribution in [0.5, 0.6) is 5.75 Å². The number of rotatable bonds is 6. The number of nitrogens with zero attached hydrogens (tertiary/aromatic N) is 2. The van der Waals surface area contributed by atoms with Gasteiger partial charge in [-0.3, -0.25) is 9.59 Å². The molecule has 1 fully saturated rings. The standard InChI is InChI=1S/C20H22F3N3O5S/c1-31-16-3-5-17(6-4-16)32(29,30)26-10-8-15(9-11-26)24-18(27)13-25-12-14(20(21,22)23)2-7-19(25)28/h2-7,12,15H,8-11,13H2,1H3,(H,24,27). The summed E-state index contributed by atoms with van der Waals surface area (Å²) in [6, 6.07) is 7.08. The monoisotopic (exact) mass is 473 g/mol. The quantitative estimate of drug-likeness (QED) is 0.691. The zero-order valence-corrected chi connectivity index (χ0v) is 17.9. The molecule has 0 atom stereocenters. The zero-order valence-electron chi connectivity index (χ0n) is 17.1. The van der Waals surface area contributed by atoms with Crippen LogP contribution in [0.25, 0.3) is 0 Å². The Hall–Kier alpha value is -2.86. The third kappa shape index (κ3) is 5.49. The number of nitrogens with one attached hydrogen (secondary N) is 1. The van der Waals surface area contributed by atoms with E-state index in [1.54, 1.807) is 12.1 Å². The van der Waals surface area contributed by atoms with Gasteiger partial charge in [-0.1, -0.05) is 0 Å². The van der Waals surface area contributed by atoms with E-state index >= 15 is 0 Å². The molecule has 3 rings (SSSR count). The highest BCUT2D eigenvalue weighted by molar-refractivity contribution is 7.89. The highest BCUT2D eigenvalue weighted by Crippen LogP contribution is 2.28. The first-order chi connectivity index (χ1) is 15.0. The lowest BCUT2D eigenvalue weighted by atomic mass is 10.1. The average Bonchev–Trinajstić information content (AvgIpc) is 2.75. The number of pyridine rings is 1. The first-order valence-corrected chi connectivity index (χ1v) is 11.2. The van der Waals surface area contributed by atoms with Gasteiger partial charge >= 0.3 is 6.18 Å². The van der Waals surface area contributed by atoms with Crippen molar-refractivity contribution in [1.82, 2.24) is 14.2 Å². The van der Waals surface area contributed by atoms with Crippen LogP contribution < -0.4 is 15.6 Å². The third-order valence-electron chi connectivity index (χ3n) is 5.14. The Balaban J connectivity index is 1.58. The molecular weight excluding hydrogens is 451 g/mol. The van der Waals surface area contributed by atoms with Gasteiger partial charge in [-0.05, 0) is 43.2 Å². The molecule has 1 N–H and O–H groups in total. The molecule has 8 nitrogen and oxygen atoms in total. The van der Waals surface area contributed by atoms with Crippen LogP contribution in [0.2, 0.25) is 0 Å².